The van der Waals surface area contributed by atoms with E-state index in [1.807, 2.05) is 31.2 Å². The van der Waals surface area contributed by atoms with Crippen molar-refractivity contribution in [1.29, 1.82) is 0 Å². The Bertz CT molecular complexity index is 784. The van der Waals surface area contributed by atoms with Crippen LogP contribution in [-0.4, -0.2) is 46.8 Å². The molecule has 0 radical (unpaired) electrons. The van der Waals surface area contributed by atoms with E-state index in [0.29, 0.717) is 11.7 Å². The molecule has 146 valence electrons. The fourth-order valence-electron chi connectivity index (χ4n) is 1.63. The van der Waals surface area contributed by atoms with Crippen molar-refractivity contribution in [2.24, 2.45) is 0 Å². The molecule has 2 rings (SSSR count). The predicted molar refractivity (Wildman–Crippen MR) is 90.6 cm³/mol. The summed E-state index contributed by atoms with van der Waals surface area (Å²) in [6, 6.07) is 9.24. The first-order chi connectivity index (χ1) is 12.6. The van der Waals surface area contributed by atoms with Crippen molar-refractivity contribution in [3.05, 3.63) is 42.2 Å². The van der Waals surface area contributed by atoms with Gasteiger partial charge in [-0.3, -0.25) is 4.79 Å². The predicted octanol–water partition coefficient (Wildman–Crippen LogP) is 2.48. The molecule has 0 aliphatic rings. The minimum Gasteiger partial charge on any atom is -0.481 e. The number of amides is 1. The summed E-state index contributed by atoms with van der Waals surface area (Å²) < 4.78 is 36.7. The van der Waals surface area contributed by atoms with Crippen LogP contribution in [0.4, 0.5) is 24.7 Å². The number of nitrogens with one attached hydrogen (secondary N) is 2. The number of halogens is 3. The normalized spacial score (nSPS) is 10.3. The Morgan fingerprint density at radius 1 is 1.22 bits per heavy atom. The van der Waals surface area contributed by atoms with Crippen LogP contribution in [0.2, 0.25) is 0 Å². The summed E-state index contributed by atoms with van der Waals surface area (Å²) in [5.74, 6) is -1.91. The lowest BCUT2D eigenvalue weighted by Crippen LogP contribution is -2.22. The number of benzene rings is 1. The van der Waals surface area contributed by atoms with Crippen LogP contribution in [-0.2, 0) is 9.59 Å². The lowest BCUT2D eigenvalue weighted by molar-refractivity contribution is -0.192. The van der Waals surface area contributed by atoms with Crippen LogP contribution in [0.5, 0.6) is 5.88 Å². The molecule has 2 aromatic rings. The van der Waals surface area contributed by atoms with Gasteiger partial charge in [0.05, 0.1) is 13.7 Å². The zero-order chi connectivity index (χ0) is 20.4. The number of para-hydroxylation sites is 1. The Labute approximate surface area is 152 Å². The third kappa shape index (κ3) is 8.03. The number of carbonyl (C=O) groups is 2. The number of anilines is 2. The molecule has 0 saturated heterocycles. The third-order valence-electron chi connectivity index (χ3n) is 2.94. The van der Waals surface area contributed by atoms with E-state index >= 15 is 0 Å². The number of hydrogen-bond donors (Lipinski definition) is 3. The molecule has 0 fully saturated rings. The second kappa shape index (κ2) is 9.94. The number of methoxy groups -OCH3 is 1. The minimum atomic E-state index is -5.08. The van der Waals surface area contributed by atoms with E-state index in [2.05, 4.69) is 20.6 Å². The highest BCUT2D eigenvalue weighted by Gasteiger charge is 2.38. The van der Waals surface area contributed by atoms with Crippen LogP contribution in [0.3, 0.4) is 0 Å². The third-order valence-corrected chi connectivity index (χ3v) is 2.94. The standard InChI is InChI=1S/C14H16N4O2.C2HF3O2/c1-10-5-3-4-6-11(10)18-13(19)8-15-12-7-14(20-2)17-9-16-12;3-2(4,5)1(6)7/h3-7,9H,8H2,1-2H3,(H,18,19)(H,15,16,17);(H,6,7). The van der Waals surface area contributed by atoms with Gasteiger partial charge in [-0.25, -0.2) is 14.8 Å². The molecule has 1 heterocycles. The first-order valence-corrected chi connectivity index (χ1v) is 7.39. The number of carboxylic acid groups (broad SMARTS) is 1. The van der Waals surface area contributed by atoms with Gasteiger partial charge in [0.15, 0.2) is 0 Å². The summed E-state index contributed by atoms with van der Waals surface area (Å²) in [5.41, 5.74) is 1.82. The van der Waals surface area contributed by atoms with E-state index in [4.69, 9.17) is 14.6 Å². The quantitative estimate of drug-likeness (QED) is 0.723. The van der Waals surface area contributed by atoms with Crippen molar-refractivity contribution in [1.82, 2.24) is 9.97 Å². The van der Waals surface area contributed by atoms with Crippen LogP contribution in [0.15, 0.2) is 36.7 Å². The first-order valence-electron chi connectivity index (χ1n) is 7.39. The maximum Gasteiger partial charge on any atom is 0.490 e. The summed E-state index contributed by atoms with van der Waals surface area (Å²) in [4.78, 5) is 28.6. The maximum atomic E-state index is 11.8. The van der Waals surface area contributed by atoms with E-state index < -0.39 is 12.1 Å². The Morgan fingerprint density at radius 3 is 2.41 bits per heavy atom. The summed E-state index contributed by atoms with van der Waals surface area (Å²) in [6.07, 6.45) is -3.71. The van der Waals surface area contributed by atoms with Gasteiger partial charge in [0, 0.05) is 11.8 Å². The number of aromatic nitrogens is 2. The monoisotopic (exact) mass is 386 g/mol. The molecular weight excluding hydrogens is 369 g/mol. The molecule has 1 aromatic heterocycles. The molecular formula is C16H17F3N4O4. The van der Waals surface area contributed by atoms with Crippen LogP contribution in [0.1, 0.15) is 5.56 Å². The molecule has 0 aliphatic carbocycles. The highest BCUT2D eigenvalue weighted by Crippen LogP contribution is 2.14. The number of aryl methyl sites for hydroxylation is 1. The van der Waals surface area contributed by atoms with Gasteiger partial charge < -0.3 is 20.5 Å². The molecule has 0 bridgehead atoms. The van der Waals surface area contributed by atoms with Crippen molar-refractivity contribution in [3.8, 4) is 5.88 Å². The van der Waals surface area contributed by atoms with Crippen LogP contribution in [0.25, 0.3) is 0 Å². The summed E-state index contributed by atoms with van der Waals surface area (Å²) in [5, 5.41) is 12.9. The number of alkyl halides is 3. The molecule has 11 heteroatoms. The Morgan fingerprint density at radius 2 is 1.85 bits per heavy atom. The summed E-state index contributed by atoms with van der Waals surface area (Å²) >= 11 is 0. The van der Waals surface area contributed by atoms with E-state index in [-0.39, 0.29) is 12.5 Å². The van der Waals surface area contributed by atoms with Gasteiger partial charge in [0.2, 0.25) is 11.8 Å². The summed E-state index contributed by atoms with van der Waals surface area (Å²) in [7, 11) is 1.52. The fraction of sp³-hybridized carbons (Fsp3) is 0.250. The zero-order valence-corrected chi connectivity index (χ0v) is 14.4. The topological polar surface area (TPSA) is 113 Å². The van der Waals surface area contributed by atoms with E-state index in [1.54, 1.807) is 6.07 Å². The molecule has 3 N–H and O–H groups in total. The minimum absolute atomic E-state index is 0.120. The van der Waals surface area contributed by atoms with E-state index in [1.165, 1.54) is 13.4 Å². The zero-order valence-electron chi connectivity index (χ0n) is 14.4. The molecule has 0 atom stereocenters. The van der Waals surface area contributed by atoms with Crippen LogP contribution >= 0.6 is 0 Å². The largest absolute Gasteiger partial charge is 0.490 e. The number of hydrogen-bond acceptors (Lipinski definition) is 6. The molecule has 0 spiro atoms. The van der Waals surface area contributed by atoms with E-state index in [0.717, 1.165) is 11.3 Å². The molecule has 1 aromatic carbocycles. The second-order valence-corrected chi connectivity index (χ2v) is 4.97. The van der Waals surface area contributed by atoms with Gasteiger partial charge in [-0.2, -0.15) is 13.2 Å². The van der Waals surface area contributed by atoms with Gasteiger partial charge in [-0.15, -0.1) is 0 Å². The van der Waals surface area contributed by atoms with Crippen LogP contribution in [0, 0.1) is 6.92 Å². The van der Waals surface area contributed by atoms with Crippen molar-refractivity contribution in [2.75, 3.05) is 24.3 Å². The van der Waals surface area contributed by atoms with Crippen molar-refractivity contribution in [2.45, 2.75) is 13.1 Å². The summed E-state index contributed by atoms with van der Waals surface area (Å²) in [6.45, 7) is 2.06. The Hall–Kier alpha value is -3.37. The van der Waals surface area contributed by atoms with Gasteiger partial charge in [0.25, 0.3) is 0 Å². The van der Waals surface area contributed by atoms with E-state index in [9.17, 15) is 18.0 Å². The van der Waals surface area contributed by atoms with Gasteiger partial charge in [-0.05, 0) is 18.6 Å². The number of rotatable bonds is 5. The highest BCUT2D eigenvalue weighted by molar-refractivity contribution is 5.94. The number of aliphatic carboxylic acids is 1. The highest BCUT2D eigenvalue weighted by atomic mass is 19.4. The lowest BCUT2D eigenvalue weighted by Gasteiger charge is -2.09. The molecule has 8 nitrogen and oxygen atoms in total. The molecule has 27 heavy (non-hydrogen) atoms. The first kappa shape index (κ1) is 21.7. The van der Waals surface area contributed by atoms with Crippen molar-refractivity contribution < 1.29 is 32.6 Å². The van der Waals surface area contributed by atoms with Gasteiger partial charge in [0.1, 0.15) is 12.1 Å². The smallest absolute Gasteiger partial charge is 0.481 e. The average Bonchev–Trinajstić information content (AvgIpc) is 2.62. The SMILES string of the molecule is COc1cc(NCC(=O)Nc2ccccc2C)ncn1.O=C(O)C(F)(F)F. The van der Waals surface area contributed by atoms with Gasteiger partial charge in [-0.1, -0.05) is 18.2 Å². The van der Waals surface area contributed by atoms with Crippen molar-refractivity contribution in [3.63, 3.8) is 0 Å². The molecule has 0 saturated carbocycles. The maximum absolute atomic E-state index is 11.8. The number of carbonyl (C=O) groups excluding carboxylic acids is 1. The number of carboxylic acids is 1. The van der Waals surface area contributed by atoms with Crippen molar-refractivity contribution >= 4 is 23.4 Å². The Kier molecular flexibility index (Phi) is 7.98. The average molecular weight is 386 g/mol. The number of ether oxygens (including phenoxy) is 1. The Balaban J connectivity index is 0.000000445. The van der Waals surface area contributed by atoms with Crippen LogP contribution < -0.4 is 15.4 Å². The fourth-order valence-corrected chi connectivity index (χ4v) is 1.63. The molecule has 0 aliphatic heterocycles. The number of nitrogens with zero attached hydrogens (tertiary/aromatic N) is 2. The molecule has 1 amide bonds. The molecule has 0 unspecified atom stereocenters. The lowest BCUT2D eigenvalue weighted by atomic mass is 10.2. The van der Waals surface area contributed by atoms with Gasteiger partial charge >= 0.3 is 12.1 Å². The second-order valence-electron chi connectivity index (χ2n) is 4.97.